The summed E-state index contributed by atoms with van der Waals surface area (Å²) < 4.78 is 5.37. The molecule has 19 heavy (non-hydrogen) atoms. The summed E-state index contributed by atoms with van der Waals surface area (Å²) >= 11 is 0. The number of benzene rings is 1. The molecule has 0 aliphatic heterocycles. The van der Waals surface area contributed by atoms with Crippen molar-refractivity contribution in [3.05, 3.63) is 29.8 Å². The Morgan fingerprint density at radius 3 is 2.53 bits per heavy atom. The van der Waals surface area contributed by atoms with Crippen LogP contribution in [0.4, 0.5) is 0 Å². The standard InChI is InChI=1S/C15H23NO3/c1-4-19-14-8-6-13(7-9-14)11-16(3)15(18)10-5-12(2)17/h6-9,12,17H,4-5,10-11H2,1-3H3. The maximum atomic E-state index is 11.8. The Labute approximate surface area is 115 Å². The first-order valence-electron chi connectivity index (χ1n) is 6.66. The molecule has 1 amide bonds. The molecule has 0 saturated heterocycles. The maximum Gasteiger partial charge on any atom is 0.222 e. The average molecular weight is 265 g/mol. The van der Waals surface area contributed by atoms with Crippen molar-refractivity contribution >= 4 is 5.91 Å². The highest BCUT2D eigenvalue weighted by Crippen LogP contribution is 2.13. The van der Waals surface area contributed by atoms with E-state index in [1.165, 1.54) is 0 Å². The van der Waals surface area contributed by atoms with E-state index in [0.29, 0.717) is 26.0 Å². The number of hydrogen-bond donors (Lipinski definition) is 1. The number of aliphatic hydroxyl groups excluding tert-OH is 1. The quantitative estimate of drug-likeness (QED) is 0.822. The van der Waals surface area contributed by atoms with Gasteiger partial charge in [-0.2, -0.15) is 0 Å². The van der Waals surface area contributed by atoms with Crippen LogP contribution >= 0.6 is 0 Å². The van der Waals surface area contributed by atoms with Crippen molar-refractivity contribution < 1.29 is 14.6 Å². The van der Waals surface area contributed by atoms with Gasteiger partial charge in [-0.3, -0.25) is 4.79 Å². The van der Waals surface area contributed by atoms with Gasteiger partial charge in [-0.1, -0.05) is 12.1 Å². The van der Waals surface area contributed by atoms with Crippen LogP contribution in [0.2, 0.25) is 0 Å². The molecule has 0 bridgehead atoms. The summed E-state index contributed by atoms with van der Waals surface area (Å²) in [7, 11) is 1.78. The summed E-state index contributed by atoms with van der Waals surface area (Å²) in [5.41, 5.74) is 1.07. The Kier molecular flexibility index (Phi) is 6.36. The molecule has 1 rings (SSSR count). The second-order valence-electron chi connectivity index (χ2n) is 4.71. The zero-order chi connectivity index (χ0) is 14.3. The van der Waals surface area contributed by atoms with Crippen molar-refractivity contribution in [2.45, 2.75) is 39.3 Å². The van der Waals surface area contributed by atoms with Crippen LogP contribution in [0.25, 0.3) is 0 Å². The highest BCUT2D eigenvalue weighted by atomic mass is 16.5. The molecule has 0 fully saturated rings. The summed E-state index contributed by atoms with van der Waals surface area (Å²) in [4.78, 5) is 13.5. The molecule has 4 nitrogen and oxygen atoms in total. The highest BCUT2D eigenvalue weighted by molar-refractivity contribution is 5.75. The van der Waals surface area contributed by atoms with E-state index in [1.807, 2.05) is 31.2 Å². The number of hydrogen-bond acceptors (Lipinski definition) is 3. The van der Waals surface area contributed by atoms with Crippen LogP contribution in [0.1, 0.15) is 32.3 Å². The largest absolute Gasteiger partial charge is 0.494 e. The van der Waals surface area contributed by atoms with Gasteiger partial charge in [0.2, 0.25) is 5.91 Å². The van der Waals surface area contributed by atoms with E-state index in [1.54, 1.807) is 18.9 Å². The molecular weight excluding hydrogens is 242 g/mol. The third-order valence-corrected chi connectivity index (χ3v) is 2.86. The van der Waals surface area contributed by atoms with Gasteiger partial charge in [0.05, 0.1) is 12.7 Å². The summed E-state index contributed by atoms with van der Waals surface area (Å²) in [5, 5.41) is 9.17. The predicted molar refractivity (Wildman–Crippen MR) is 75.0 cm³/mol. The molecule has 106 valence electrons. The fraction of sp³-hybridized carbons (Fsp3) is 0.533. The molecule has 0 saturated carbocycles. The van der Waals surface area contributed by atoms with Crippen molar-refractivity contribution in [1.82, 2.24) is 4.90 Å². The van der Waals surface area contributed by atoms with E-state index in [-0.39, 0.29) is 5.91 Å². The van der Waals surface area contributed by atoms with Gasteiger partial charge in [-0.15, -0.1) is 0 Å². The minimum atomic E-state index is -0.428. The van der Waals surface area contributed by atoms with Crippen LogP contribution in [0.3, 0.4) is 0 Å². The van der Waals surface area contributed by atoms with E-state index >= 15 is 0 Å². The molecule has 0 aliphatic rings. The van der Waals surface area contributed by atoms with Crippen LogP contribution in [-0.4, -0.2) is 35.7 Å². The number of amides is 1. The molecule has 1 atom stereocenters. The maximum absolute atomic E-state index is 11.8. The fourth-order valence-corrected chi connectivity index (χ4v) is 1.74. The molecule has 1 unspecified atom stereocenters. The van der Waals surface area contributed by atoms with Crippen LogP contribution in [-0.2, 0) is 11.3 Å². The Bertz CT molecular complexity index is 387. The monoisotopic (exact) mass is 265 g/mol. The van der Waals surface area contributed by atoms with E-state index in [2.05, 4.69) is 0 Å². The Hall–Kier alpha value is -1.55. The fourth-order valence-electron chi connectivity index (χ4n) is 1.74. The molecule has 1 N–H and O–H groups in total. The number of ether oxygens (including phenoxy) is 1. The molecule has 0 spiro atoms. The lowest BCUT2D eigenvalue weighted by molar-refractivity contribution is -0.131. The number of carbonyl (C=O) groups excluding carboxylic acids is 1. The smallest absolute Gasteiger partial charge is 0.222 e. The van der Waals surface area contributed by atoms with Gasteiger partial charge < -0.3 is 14.7 Å². The molecule has 0 aromatic heterocycles. The lowest BCUT2D eigenvalue weighted by Crippen LogP contribution is -2.26. The van der Waals surface area contributed by atoms with Crippen molar-refractivity contribution in [2.75, 3.05) is 13.7 Å². The lowest BCUT2D eigenvalue weighted by Gasteiger charge is -2.18. The van der Waals surface area contributed by atoms with Crippen molar-refractivity contribution in [3.63, 3.8) is 0 Å². The SMILES string of the molecule is CCOc1ccc(CN(C)C(=O)CCC(C)O)cc1. The number of carbonyl (C=O) groups is 1. The van der Waals surface area contributed by atoms with E-state index in [9.17, 15) is 4.79 Å². The average Bonchev–Trinajstić information content (AvgIpc) is 2.38. The summed E-state index contributed by atoms with van der Waals surface area (Å²) in [5.74, 6) is 0.893. The summed E-state index contributed by atoms with van der Waals surface area (Å²) in [6, 6.07) is 7.74. The minimum absolute atomic E-state index is 0.0507. The lowest BCUT2D eigenvalue weighted by atomic mass is 10.1. The second-order valence-corrected chi connectivity index (χ2v) is 4.71. The molecule has 0 aliphatic carbocycles. The van der Waals surface area contributed by atoms with E-state index in [4.69, 9.17) is 9.84 Å². The molecule has 0 heterocycles. The van der Waals surface area contributed by atoms with Crippen molar-refractivity contribution in [3.8, 4) is 5.75 Å². The second kappa shape index (κ2) is 7.79. The highest BCUT2D eigenvalue weighted by Gasteiger charge is 2.10. The van der Waals surface area contributed by atoms with Gasteiger partial charge in [-0.05, 0) is 38.0 Å². The Morgan fingerprint density at radius 2 is 2.00 bits per heavy atom. The van der Waals surface area contributed by atoms with Crippen molar-refractivity contribution in [2.24, 2.45) is 0 Å². The third-order valence-electron chi connectivity index (χ3n) is 2.86. The number of nitrogens with zero attached hydrogens (tertiary/aromatic N) is 1. The van der Waals surface area contributed by atoms with Crippen LogP contribution in [0.15, 0.2) is 24.3 Å². The van der Waals surface area contributed by atoms with Crippen LogP contribution in [0, 0.1) is 0 Å². The normalized spacial score (nSPS) is 12.0. The number of rotatable bonds is 7. The van der Waals surface area contributed by atoms with Gasteiger partial charge >= 0.3 is 0 Å². The zero-order valence-corrected chi connectivity index (χ0v) is 11.9. The molecule has 1 aromatic carbocycles. The first-order valence-corrected chi connectivity index (χ1v) is 6.66. The zero-order valence-electron chi connectivity index (χ0n) is 11.9. The molecule has 0 radical (unpaired) electrons. The first-order chi connectivity index (χ1) is 9.02. The van der Waals surface area contributed by atoms with Gasteiger partial charge in [0, 0.05) is 20.0 Å². The van der Waals surface area contributed by atoms with Gasteiger partial charge in [-0.25, -0.2) is 0 Å². The topological polar surface area (TPSA) is 49.8 Å². The molecule has 4 heteroatoms. The number of aliphatic hydroxyl groups is 1. The Balaban J connectivity index is 2.47. The van der Waals surface area contributed by atoms with Gasteiger partial charge in [0.15, 0.2) is 0 Å². The van der Waals surface area contributed by atoms with Crippen molar-refractivity contribution in [1.29, 1.82) is 0 Å². The first kappa shape index (κ1) is 15.5. The summed E-state index contributed by atoms with van der Waals surface area (Å²) in [6.45, 7) is 4.87. The van der Waals surface area contributed by atoms with Gasteiger partial charge in [0.25, 0.3) is 0 Å². The summed E-state index contributed by atoms with van der Waals surface area (Å²) in [6.07, 6.45) is 0.459. The van der Waals surface area contributed by atoms with Crippen LogP contribution in [0.5, 0.6) is 5.75 Å². The van der Waals surface area contributed by atoms with Gasteiger partial charge in [0.1, 0.15) is 5.75 Å². The Morgan fingerprint density at radius 1 is 1.37 bits per heavy atom. The predicted octanol–water partition coefficient (Wildman–Crippen LogP) is 2.20. The molecule has 1 aromatic rings. The minimum Gasteiger partial charge on any atom is -0.494 e. The third kappa shape index (κ3) is 5.75. The van der Waals surface area contributed by atoms with E-state index < -0.39 is 6.10 Å². The molecular formula is C15H23NO3. The van der Waals surface area contributed by atoms with Crippen LogP contribution < -0.4 is 4.74 Å². The van der Waals surface area contributed by atoms with E-state index in [0.717, 1.165) is 11.3 Å².